The van der Waals surface area contributed by atoms with Crippen LogP contribution in [-0.2, 0) is 0 Å². The zero-order chi connectivity index (χ0) is 12.7. The van der Waals surface area contributed by atoms with E-state index in [4.69, 9.17) is 5.26 Å². The molecule has 0 bridgehead atoms. The van der Waals surface area contributed by atoms with Crippen molar-refractivity contribution in [1.29, 1.82) is 5.26 Å². The van der Waals surface area contributed by atoms with E-state index < -0.39 is 4.92 Å². The molecule has 2 fully saturated rings. The van der Waals surface area contributed by atoms with Crippen LogP contribution in [0.4, 0.5) is 11.4 Å². The molecule has 6 nitrogen and oxygen atoms in total. The fraction of sp³-hybridized carbons (Fsp3) is 0.417. The highest BCUT2D eigenvalue weighted by Crippen LogP contribution is 2.44. The second-order valence-electron chi connectivity index (χ2n) is 4.76. The number of anilines is 1. The van der Waals surface area contributed by atoms with Gasteiger partial charge in [-0.3, -0.25) is 10.1 Å². The lowest BCUT2D eigenvalue weighted by Gasteiger charge is -2.09. The van der Waals surface area contributed by atoms with E-state index in [1.807, 2.05) is 6.07 Å². The lowest BCUT2D eigenvalue weighted by Crippen LogP contribution is -2.21. The van der Waals surface area contributed by atoms with Crippen LogP contribution in [0.25, 0.3) is 0 Å². The monoisotopic (exact) mass is 244 g/mol. The predicted molar refractivity (Wildman–Crippen MR) is 65.1 cm³/mol. The molecule has 2 N–H and O–H groups in total. The van der Waals surface area contributed by atoms with Crippen molar-refractivity contribution in [3.8, 4) is 6.07 Å². The molecule has 1 saturated carbocycles. The van der Waals surface area contributed by atoms with Crippen molar-refractivity contribution in [3.05, 3.63) is 33.9 Å². The number of nitro benzene ring substituents is 1. The molecular formula is C12H12N4O2. The van der Waals surface area contributed by atoms with Crippen LogP contribution < -0.4 is 10.6 Å². The number of nitro groups is 1. The van der Waals surface area contributed by atoms with Crippen LogP contribution in [0.3, 0.4) is 0 Å². The molecule has 0 spiro atoms. The third-order valence-electron chi connectivity index (χ3n) is 3.74. The number of rotatable bonds is 3. The Labute approximate surface area is 104 Å². The first kappa shape index (κ1) is 11.0. The van der Waals surface area contributed by atoms with Gasteiger partial charge in [0.1, 0.15) is 5.69 Å². The first-order valence-electron chi connectivity index (χ1n) is 5.86. The minimum atomic E-state index is -0.445. The Bertz CT molecular complexity index is 541. The van der Waals surface area contributed by atoms with E-state index in [2.05, 4.69) is 10.6 Å². The minimum Gasteiger partial charge on any atom is -0.376 e. The van der Waals surface area contributed by atoms with Gasteiger partial charge in [-0.2, -0.15) is 5.26 Å². The number of fused-ring (bicyclic) bond motifs is 1. The highest BCUT2D eigenvalue weighted by Gasteiger charge is 2.53. The van der Waals surface area contributed by atoms with Gasteiger partial charge in [-0.1, -0.05) is 0 Å². The SMILES string of the molecule is N#Cc1ccc(NC2C3CNCC32)c([N+](=O)[O-])c1. The molecule has 1 aliphatic heterocycles. The van der Waals surface area contributed by atoms with Gasteiger partial charge in [0.15, 0.2) is 0 Å². The van der Waals surface area contributed by atoms with Crippen LogP contribution in [0, 0.1) is 33.3 Å². The second-order valence-corrected chi connectivity index (χ2v) is 4.76. The summed E-state index contributed by atoms with van der Waals surface area (Å²) in [5.41, 5.74) is 0.801. The number of nitrogens with one attached hydrogen (secondary N) is 2. The van der Waals surface area contributed by atoms with Gasteiger partial charge in [0.2, 0.25) is 0 Å². The van der Waals surface area contributed by atoms with E-state index in [9.17, 15) is 10.1 Å². The summed E-state index contributed by atoms with van der Waals surface area (Å²) in [6.07, 6.45) is 0. The number of piperidine rings is 1. The smallest absolute Gasteiger partial charge is 0.293 e. The second kappa shape index (κ2) is 3.96. The van der Waals surface area contributed by atoms with Gasteiger partial charge in [0.05, 0.1) is 16.6 Å². The Morgan fingerprint density at radius 3 is 2.78 bits per heavy atom. The Hall–Kier alpha value is -2.13. The van der Waals surface area contributed by atoms with Crippen LogP contribution in [0.15, 0.2) is 18.2 Å². The summed E-state index contributed by atoms with van der Waals surface area (Å²) in [6, 6.07) is 6.79. The minimum absolute atomic E-state index is 0.0213. The van der Waals surface area contributed by atoms with E-state index in [-0.39, 0.29) is 5.69 Å². The molecule has 1 aliphatic carbocycles. The molecule has 0 amide bonds. The molecule has 6 heteroatoms. The zero-order valence-corrected chi connectivity index (χ0v) is 9.59. The van der Waals surface area contributed by atoms with Gasteiger partial charge < -0.3 is 10.6 Å². The summed E-state index contributed by atoms with van der Waals surface area (Å²) in [5, 5.41) is 26.2. The molecule has 3 rings (SSSR count). The topological polar surface area (TPSA) is 91.0 Å². The van der Waals surface area contributed by atoms with E-state index in [0.717, 1.165) is 13.1 Å². The van der Waals surface area contributed by atoms with Crippen molar-refractivity contribution in [2.75, 3.05) is 18.4 Å². The van der Waals surface area contributed by atoms with E-state index in [1.165, 1.54) is 6.07 Å². The molecule has 92 valence electrons. The van der Waals surface area contributed by atoms with Crippen LogP contribution in [0.1, 0.15) is 5.56 Å². The van der Waals surface area contributed by atoms with Crippen molar-refractivity contribution in [3.63, 3.8) is 0 Å². The number of hydrogen-bond donors (Lipinski definition) is 2. The first-order chi connectivity index (χ1) is 8.70. The molecule has 18 heavy (non-hydrogen) atoms. The molecule has 0 radical (unpaired) electrons. The van der Waals surface area contributed by atoms with Gasteiger partial charge in [0, 0.05) is 25.2 Å². The summed E-state index contributed by atoms with van der Waals surface area (Å²) in [7, 11) is 0. The normalized spacial score (nSPS) is 28.3. The van der Waals surface area contributed by atoms with E-state index in [1.54, 1.807) is 12.1 Å². The molecule has 0 aromatic heterocycles. The molecule has 1 saturated heterocycles. The summed E-state index contributed by atoms with van der Waals surface area (Å²) in [5.74, 6) is 1.17. The average molecular weight is 244 g/mol. The van der Waals surface area contributed by atoms with Crippen LogP contribution in [-0.4, -0.2) is 24.1 Å². The van der Waals surface area contributed by atoms with Crippen LogP contribution in [0.5, 0.6) is 0 Å². The fourth-order valence-corrected chi connectivity index (χ4v) is 2.69. The fourth-order valence-electron chi connectivity index (χ4n) is 2.69. The largest absolute Gasteiger partial charge is 0.376 e. The highest BCUT2D eigenvalue weighted by atomic mass is 16.6. The van der Waals surface area contributed by atoms with Gasteiger partial charge in [-0.15, -0.1) is 0 Å². The standard InChI is InChI=1S/C12H12N4O2/c13-4-7-1-2-10(11(3-7)16(17)18)15-12-8-5-14-6-9(8)12/h1-3,8-9,12,14-15H,5-6H2. The predicted octanol–water partition coefficient (Wildman–Crippen LogP) is 1.10. The molecule has 2 aliphatic rings. The van der Waals surface area contributed by atoms with Gasteiger partial charge in [-0.25, -0.2) is 0 Å². The summed E-state index contributed by atoms with van der Waals surface area (Å²) >= 11 is 0. The van der Waals surface area contributed by atoms with Crippen molar-refractivity contribution >= 4 is 11.4 Å². The summed E-state index contributed by atoms with van der Waals surface area (Å²) in [6.45, 7) is 1.96. The number of nitrogens with zero attached hydrogens (tertiary/aromatic N) is 2. The lowest BCUT2D eigenvalue weighted by atomic mass is 10.2. The number of hydrogen-bond acceptors (Lipinski definition) is 5. The van der Waals surface area contributed by atoms with Crippen LogP contribution >= 0.6 is 0 Å². The third kappa shape index (κ3) is 1.69. The Kier molecular flexibility index (Phi) is 2.42. The Balaban J connectivity index is 1.83. The van der Waals surface area contributed by atoms with Gasteiger partial charge in [-0.05, 0) is 24.0 Å². The van der Waals surface area contributed by atoms with Crippen molar-refractivity contribution < 1.29 is 4.92 Å². The molecule has 1 aromatic rings. The maximum absolute atomic E-state index is 11.0. The summed E-state index contributed by atoms with van der Waals surface area (Å²) in [4.78, 5) is 10.5. The molecule has 1 aromatic carbocycles. The highest BCUT2D eigenvalue weighted by molar-refractivity contribution is 5.65. The lowest BCUT2D eigenvalue weighted by molar-refractivity contribution is -0.384. The van der Waals surface area contributed by atoms with Gasteiger partial charge in [0.25, 0.3) is 5.69 Å². The van der Waals surface area contributed by atoms with Crippen molar-refractivity contribution in [2.45, 2.75) is 6.04 Å². The van der Waals surface area contributed by atoms with E-state index in [0.29, 0.717) is 29.1 Å². The van der Waals surface area contributed by atoms with Crippen LogP contribution in [0.2, 0.25) is 0 Å². The zero-order valence-electron chi connectivity index (χ0n) is 9.59. The Morgan fingerprint density at radius 1 is 1.44 bits per heavy atom. The Morgan fingerprint density at radius 2 is 2.17 bits per heavy atom. The molecule has 1 heterocycles. The molecular weight excluding hydrogens is 232 g/mol. The van der Waals surface area contributed by atoms with Gasteiger partial charge >= 0.3 is 0 Å². The maximum Gasteiger partial charge on any atom is 0.293 e. The van der Waals surface area contributed by atoms with Crippen molar-refractivity contribution in [2.24, 2.45) is 11.8 Å². The summed E-state index contributed by atoms with van der Waals surface area (Å²) < 4.78 is 0. The molecule has 2 atom stereocenters. The first-order valence-corrected chi connectivity index (χ1v) is 5.86. The average Bonchev–Trinajstić information content (AvgIpc) is 2.82. The van der Waals surface area contributed by atoms with Crippen molar-refractivity contribution in [1.82, 2.24) is 5.32 Å². The molecule has 2 unspecified atom stereocenters. The quantitative estimate of drug-likeness (QED) is 0.613. The number of benzene rings is 1. The van der Waals surface area contributed by atoms with E-state index >= 15 is 0 Å². The maximum atomic E-state index is 11.0. The number of nitriles is 1. The third-order valence-corrected chi connectivity index (χ3v) is 3.74.